The third kappa shape index (κ3) is 6.98. The van der Waals surface area contributed by atoms with Crippen molar-refractivity contribution >= 4 is 10.0 Å². The van der Waals surface area contributed by atoms with Crippen LogP contribution in [0.3, 0.4) is 0 Å². The largest absolute Gasteiger partial charge is 0.316 e. The molecule has 0 aliphatic carbocycles. The van der Waals surface area contributed by atoms with Gasteiger partial charge in [0.25, 0.3) is 0 Å². The molecule has 0 bridgehead atoms. The monoisotopic (exact) mass is 208 g/mol. The van der Waals surface area contributed by atoms with Crippen LogP contribution in [0, 0.1) is 0 Å². The Labute approximate surface area is 81.2 Å². The zero-order valence-corrected chi connectivity index (χ0v) is 9.45. The van der Waals surface area contributed by atoms with Crippen molar-refractivity contribution in [2.45, 2.75) is 33.2 Å². The number of nitrogens with one attached hydrogen (secondary N) is 2. The molecule has 0 aromatic rings. The van der Waals surface area contributed by atoms with Gasteiger partial charge < -0.3 is 5.32 Å². The Hall–Kier alpha value is -0.130. The van der Waals surface area contributed by atoms with Crippen LogP contribution in [0.1, 0.15) is 27.2 Å². The maximum Gasteiger partial charge on any atom is 0.213 e. The molecule has 0 fully saturated rings. The Morgan fingerprint density at radius 2 is 1.92 bits per heavy atom. The highest BCUT2D eigenvalue weighted by atomic mass is 32.2. The van der Waals surface area contributed by atoms with Gasteiger partial charge in [-0.1, -0.05) is 13.8 Å². The van der Waals surface area contributed by atoms with Gasteiger partial charge in [-0.2, -0.15) is 0 Å². The summed E-state index contributed by atoms with van der Waals surface area (Å²) in [6, 6.07) is 0.0339. The molecule has 0 heterocycles. The zero-order valence-electron chi connectivity index (χ0n) is 8.63. The molecule has 4 nitrogen and oxygen atoms in total. The number of hydrogen-bond donors (Lipinski definition) is 2. The first-order chi connectivity index (χ1) is 6.02. The van der Waals surface area contributed by atoms with E-state index in [2.05, 4.69) is 10.0 Å². The lowest BCUT2D eigenvalue weighted by molar-refractivity contribution is 0.553. The van der Waals surface area contributed by atoms with Crippen LogP contribution in [0.4, 0.5) is 0 Å². The molecule has 0 rings (SSSR count). The Morgan fingerprint density at radius 1 is 1.31 bits per heavy atom. The van der Waals surface area contributed by atoms with Crippen LogP contribution in [-0.2, 0) is 10.0 Å². The smallest absolute Gasteiger partial charge is 0.213 e. The highest BCUT2D eigenvalue weighted by molar-refractivity contribution is 7.89. The highest BCUT2D eigenvalue weighted by Gasteiger charge is 2.11. The summed E-state index contributed by atoms with van der Waals surface area (Å²) < 4.78 is 25.2. The van der Waals surface area contributed by atoms with Gasteiger partial charge in [-0.3, -0.25) is 0 Å². The molecule has 0 aromatic carbocycles. The normalized spacial score (nSPS) is 14.4. The summed E-state index contributed by atoms with van der Waals surface area (Å²) in [4.78, 5) is 0. The number of hydrogen-bond acceptors (Lipinski definition) is 3. The highest BCUT2D eigenvalue weighted by Crippen LogP contribution is 1.92. The van der Waals surface area contributed by atoms with Crippen molar-refractivity contribution in [1.29, 1.82) is 0 Å². The topological polar surface area (TPSA) is 58.2 Å². The molecule has 2 N–H and O–H groups in total. The third-order valence-corrected chi connectivity index (χ3v) is 3.29. The van der Waals surface area contributed by atoms with E-state index in [9.17, 15) is 8.42 Å². The van der Waals surface area contributed by atoms with E-state index in [-0.39, 0.29) is 11.8 Å². The van der Waals surface area contributed by atoms with Crippen LogP contribution in [0.5, 0.6) is 0 Å². The SMILES string of the molecule is CCNCCS(=O)(=O)NC(C)CC. The summed E-state index contributed by atoms with van der Waals surface area (Å²) in [6.45, 7) is 7.10. The van der Waals surface area contributed by atoms with Gasteiger partial charge in [-0.15, -0.1) is 0 Å². The van der Waals surface area contributed by atoms with Crippen molar-refractivity contribution < 1.29 is 8.42 Å². The Kier molecular flexibility index (Phi) is 6.28. The van der Waals surface area contributed by atoms with Gasteiger partial charge in [-0.25, -0.2) is 13.1 Å². The standard InChI is InChI=1S/C8H20N2O2S/c1-4-8(3)10-13(11,12)7-6-9-5-2/h8-10H,4-7H2,1-3H3. The Balaban J connectivity index is 3.81. The van der Waals surface area contributed by atoms with E-state index < -0.39 is 10.0 Å². The zero-order chi connectivity index (χ0) is 10.3. The van der Waals surface area contributed by atoms with E-state index in [1.54, 1.807) is 0 Å². The molecule has 0 radical (unpaired) electrons. The van der Waals surface area contributed by atoms with Crippen molar-refractivity contribution in [3.63, 3.8) is 0 Å². The van der Waals surface area contributed by atoms with Gasteiger partial charge in [0.05, 0.1) is 5.75 Å². The molecule has 13 heavy (non-hydrogen) atoms. The second-order valence-corrected chi connectivity index (χ2v) is 4.97. The van der Waals surface area contributed by atoms with Gasteiger partial charge in [0.15, 0.2) is 0 Å². The summed E-state index contributed by atoms with van der Waals surface area (Å²) in [6.07, 6.45) is 0.820. The van der Waals surface area contributed by atoms with Gasteiger partial charge in [0.1, 0.15) is 0 Å². The Morgan fingerprint density at radius 3 is 2.38 bits per heavy atom. The minimum Gasteiger partial charge on any atom is -0.316 e. The molecule has 1 atom stereocenters. The van der Waals surface area contributed by atoms with E-state index in [1.165, 1.54) is 0 Å². The Bertz CT molecular complexity index is 214. The van der Waals surface area contributed by atoms with Crippen molar-refractivity contribution in [2.24, 2.45) is 0 Å². The summed E-state index contributed by atoms with van der Waals surface area (Å²) in [7, 11) is -3.08. The molecule has 0 aromatic heterocycles. The van der Waals surface area contributed by atoms with Crippen molar-refractivity contribution in [2.75, 3.05) is 18.8 Å². The first-order valence-electron chi connectivity index (χ1n) is 4.72. The van der Waals surface area contributed by atoms with Crippen LogP contribution in [0.25, 0.3) is 0 Å². The van der Waals surface area contributed by atoms with Crippen molar-refractivity contribution in [1.82, 2.24) is 10.0 Å². The van der Waals surface area contributed by atoms with Gasteiger partial charge in [0, 0.05) is 12.6 Å². The summed E-state index contributed by atoms with van der Waals surface area (Å²) >= 11 is 0. The number of sulfonamides is 1. The van der Waals surface area contributed by atoms with Crippen LogP contribution in [0.2, 0.25) is 0 Å². The maximum atomic E-state index is 11.3. The fourth-order valence-corrected chi connectivity index (χ4v) is 2.14. The molecule has 0 aliphatic rings. The fourth-order valence-electron chi connectivity index (χ4n) is 0.832. The average molecular weight is 208 g/mol. The second kappa shape index (κ2) is 6.34. The lowest BCUT2D eigenvalue weighted by atomic mass is 10.3. The molecular weight excluding hydrogens is 188 g/mol. The molecular formula is C8H20N2O2S. The summed E-state index contributed by atoms with van der Waals surface area (Å²) in [5.74, 6) is 0.158. The molecule has 5 heteroatoms. The first-order valence-corrected chi connectivity index (χ1v) is 6.37. The molecule has 0 amide bonds. The van der Waals surface area contributed by atoms with E-state index >= 15 is 0 Å². The van der Waals surface area contributed by atoms with Crippen LogP contribution >= 0.6 is 0 Å². The van der Waals surface area contributed by atoms with Crippen molar-refractivity contribution in [3.8, 4) is 0 Å². The third-order valence-electron chi connectivity index (χ3n) is 1.79. The van der Waals surface area contributed by atoms with Crippen LogP contribution in [0.15, 0.2) is 0 Å². The summed E-state index contributed by atoms with van der Waals surface area (Å²) in [5.41, 5.74) is 0. The lowest BCUT2D eigenvalue weighted by Gasteiger charge is -2.11. The predicted molar refractivity (Wildman–Crippen MR) is 55.2 cm³/mol. The van der Waals surface area contributed by atoms with Gasteiger partial charge >= 0.3 is 0 Å². The quantitative estimate of drug-likeness (QED) is 0.592. The molecule has 1 unspecified atom stereocenters. The van der Waals surface area contributed by atoms with Gasteiger partial charge in [-0.05, 0) is 19.9 Å². The molecule has 0 saturated heterocycles. The lowest BCUT2D eigenvalue weighted by Crippen LogP contribution is -2.36. The van der Waals surface area contributed by atoms with Crippen LogP contribution in [-0.4, -0.2) is 33.3 Å². The van der Waals surface area contributed by atoms with Crippen LogP contribution < -0.4 is 10.0 Å². The van der Waals surface area contributed by atoms with E-state index in [0.29, 0.717) is 6.54 Å². The number of rotatable bonds is 7. The summed E-state index contributed by atoms with van der Waals surface area (Å²) in [5, 5.41) is 2.98. The molecule has 0 spiro atoms. The molecule has 0 aliphatic heterocycles. The average Bonchev–Trinajstić information content (AvgIpc) is 2.03. The minimum atomic E-state index is -3.08. The molecule has 80 valence electrons. The first kappa shape index (κ1) is 12.9. The fraction of sp³-hybridized carbons (Fsp3) is 1.00. The van der Waals surface area contributed by atoms with Gasteiger partial charge in [0.2, 0.25) is 10.0 Å². The van der Waals surface area contributed by atoms with E-state index in [0.717, 1.165) is 13.0 Å². The van der Waals surface area contributed by atoms with Crippen molar-refractivity contribution in [3.05, 3.63) is 0 Å². The minimum absolute atomic E-state index is 0.0339. The van der Waals surface area contributed by atoms with E-state index in [4.69, 9.17) is 0 Å². The van der Waals surface area contributed by atoms with E-state index in [1.807, 2.05) is 20.8 Å². The maximum absolute atomic E-state index is 11.3. The second-order valence-electron chi connectivity index (χ2n) is 3.10. The predicted octanol–water partition coefficient (Wildman–Crippen LogP) is 0.314. The molecule has 0 saturated carbocycles.